The second kappa shape index (κ2) is 13.4. The van der Waals surface area contributed by atoms with Crippen molar-refractivity contribution in [1.29, 1.82) is 0 Å². The van der Waals surface area contributed by atoms with Gasteiger partial charge in [0.2, 0.25) is 0 Å². The van der Waals surface area contributed by atoms with Crippen LogP contribution >= 0.6 is 0 Å². The lowest BCUT2D eigenvalue weighted by molar-refractivity contribution is 1.07. The van der Waals surface area contributed by atoms with Crippen molar-refractivity contribution >= 4 is 32.3 Å². The molecule has 252 valence electrons. The van der Waals surface area contributed by atoms with Gasteiger partial charge in [-0.25, -0.2) is 15.0 Å². The predicted octanol–water partition coefficient (Wildman–Crippen LogP) is 13.3. The summed E-state index contributed by atoms with van der Waals surface area (Å²) < 4.78 is 61.0. The average Bonchev–Trinajstić information content (AvgIpc) is 3.31. The van der Waals surface area contributed by atoms with Gasteiger partial charge in [0.05, 0.1) is 9.60 Å². The Bertz CT molecular complexity index is 3380. The lowest BCUT2D eigenvalue weighted by Gasteiger charge is -2.15. The largest absolute Gasteiger partial charge is 0.208 e. The van der Waals surface area contributed by atoms with Crippen LogP contribution in [0.2, 0.25) is 0 Å². The third-order valence-corrected chi connectivity index (χ3v) is 9.79. The first-order valence-corrected chi connectivity index (χ1v) is 17.7. The summed E-state index contributed by atoms with van der Waals surface area (Å²) >= 11 is 0. The molecule has 0 saturated carbocycles. The second-order valence-corrected chi connectivity index (χ2v) is 13.1. The van der Waals surface area contributed by atoms with Crippen molar-refractivity contribution < 1.29 is 9.60 Å². The molecule has 3 heteroatoms. The Kier molecular flexibility index (Phi) is 6.17. The van der Waals surface area contributed by atoms with E-state index >= 15 is 0 Å². The lowest BCUT2D eigenvalue weighted by Crippen LogP contribution is -2.00. The van der Waals surface area contributed by atoms with Crippen LogP contribution in [0.5, 0.6) is 0 Å². The number of fused-ring (bicyclic) bond motifs is 3. The molecule has 1 aromatic heterocycles. The zero-order valence-corrected chi connectivity index (χ0v) is 28.9. The monoisotopic (exact) mass is 694 g/mol. The Balaban J connectivity index is 1.14. The van der Waals surface area contributed by atoms with Gasteiger partial charge in [0.15, 0.2) is 17.5 Å². The molecule has 0 bridgehead atoms. The molecule has 3 nitrogen and oxygen atoms in total. The average molecular weight is 695 g/mol. The highest BCUT2D eigenvalue weighted by molar-refractivity contribution is 6.11. The zero-order chi connectivity index (χ0) is 41.9. The molecular weight excluding hydrogens is 655 g/mol. The summed E-state index contributed by atoms with van der Waals surface area (Å²) in [5.41, 5.74) is 7.05. The van der Waals surface area contributed by atoms with Crippen molar-refractivity contribution in [2.45, 2.75) is 0 Å². The molecule has 10 rings (SSSR count). The molecule has 0 atom stereocenters. The van der Waals surface area contributed by atoms with E-state index < -0.39 is 30.2 Å². The van der Waals surface area contributed by atoms with Crippen LogP contribution in [0.15, 0.2) is 200 Å². The smallest absolute Gasteiger partial charge is 0.164 e. The minimum atomic E-state index is -0.487. The van der Waals surface area contributed by atoms with E-state index in [2.05, 4.69) is 42.5 Å². The topological polar surface area (TPSA) is 38.7 Å². The van der Waals surface area contributed by atoms with E-state index in [1.54, 1.807) is 0 Å². The molecule has 10 aromatic rings. The van der Waals surface area contributed by atoms with Crippen LogP contribution in [-0.4, -0.2) is 15.0 Å². The van der Waals surface area contributed by atoms with E-state index in [-0.39, 0.29) is 28.4 Å². The molecule has 0 fully saturated rings. The van der Waals surface area contributed by atoms with Crippen LogP contribution in [0.1, 0.15) is 9.60 Å². The van der Waals surface area contributed by atoms with Gasteiger partial charge in [-0.2, -0.15) is 0 Å². The summed E-state index contributed by atoms with van der Waals surface area (Å²) in [5.74, 6) is 1.53. The number of hydrogen-bond donors (Lipinski definition) is 0. The Morgan fingerprint density at radius 1 is 0.315 bits per heavy atom. The van der Waals surface area contributed by atoms with Gasteiger partial charge in [-0.3, -0.25) is 0 Å². The summed E-state index contributed by atoms with van der Waals surface area (Å²) in [6.07, 6.45) is 0. The second-order valence-electron chi connectivity index (χ2n) is 13.1. The standard InChI is InChI=1S/C51H33N3/c1-3-13-34(14-4-1)38-27-28-40-32-43(30-29-39(40)31-38)51-53-49(37-16-5-2-6-17-37)52-50(54-51)42-22-9-21-41(33-42)45-24-11-19-36-20-12-26-47(48(36)45)46-25-10-18-35-15-7-8-23-44(35)46/h1-33H/i7D,8D,10D,15D,18D,23D,25D. The van der Waals surface area contributed by atoms with Crippen LogP contribution in [0.25, 0.3) is 99.9 Å². The fourth-order valence-electron chi connectivity index (χ4n) is 7.18. The third-order valence-electron chi connectivity index (χ3n) is 9.79. The van der Waals surface area contributed by atoms with Crippen molar-refractivity contribution in [3.05, 3.63) is 200 Å². The summed E-state index contributed by atoms with van der Waals surface area (Å²) in [6.45, 7) is 0. The number of aromatic nitrogens is 3. The number of benzene rings is 9. The molecule has 0 amide bonds. The lowest BCUT2D eigenvalue weighted by atomic mass is 9.89. The first-order valence-electron chi connectivity index (χ1n) is 21.2. The summed E-state index contributed by atoms with van der Waals surface area (Å²) in [7, 11) is 0. The SMILES string of the molecule is [2H]c1c([2H])c([2H])c2c(-c3cccc4cccc(-c5cccc(-c6nc(-c7ccccc7)nc(-c7ccc8cc(-c9ccccc9)ccc8c7)n6)c5)c34)c([2H])c([2H])c([2H])c2c1[2H]. The van der Waals surface area contributed by atoms with E-state index in [1.165, 1.54) is 0 Å². The molecule has 0 unspecified atom stereocenters. The quantitative estimate of drug-likeness (QED) is 0.174. The maximum atomic E-state index is 9.13. The van der Waals surface area contributed by atoms with Crippen molar-refractivity contribution in [2.75, 3.05) is 0 Å². The molecular formula is C51H33N3. The van der Waals surface area contributed by atoms with Crippen molar-refractivity contribution in [3.63, 3.8) is 0 Å². The first-order chi connectivity index (χ1) is 29.7. The minimum absolute atomic E-state index is 0.0459. The normalized spacial score (nSPS) is 13.1. The zero-order valence-electron chi connectivity index (χ0n) is 35.9. The van der Waals surface area contributed by atoms with Crippen molar-refractivity contribution in [1.82, 2.24) is 15.0 Å². The van der Waals surface area contributed by atoms with Gasteiger partial charge >= 0.3 is 0 Å². The van der Waals surface area contributed by atoms with Crippen LogP contribution in [0.3, 0.4) is 0 Å². The van der Waals surface area contributed by atoms with Gasteiger partial charge in [0.25, 0.3) is 0 Å². The van der Waals surface area contributed by atoms with Crippen molar-refractivity contribution in [2.24, 2.45) is 0 Å². The van der Waals surface area contributed by atoms with E-state index in [9.17, 15) is 0 Å². The molecule has 0 aliphatic rings. The Morgan fingerprint density at radius 3 is 1.63 bits per heavy atom. The van der Waals surface area contributed by atoms with Gasteiger partial charge in [0.1, 0.15) is 0 Å². The molecule has 0 aliphatic heterocycles. The minimum Gasteiger partial charge on any atom is -0.208 e. The molecule has 1 heterocycles. The Hall–Kier alpha value is -7.23. The Morgan fingerprint density at radius 2 is 0.870 bits per heavy atom. The molecule has 0 aliphatic carbocycles. The molecule has 0 N–H and O–H groups in total. The summed E-state index contributed by atoms with van der Waals surface area (Å²) in [5, 5.41) is 3.69. The highest BCUT2D eigenvalue weighted by Crippen LogP contribution is 2.40. The molecule has 0 spiro atoms. The van der Waals surface area contributed by atoms with E-state index in [1.807, 2.05) is 115 Å². The summed E-state index contributed by atoms with van der Waals surface area (Å²) in [4.78, 5) is 15.1. The number of rotatable bonds is 6. The highest BCUT2D eigenvalue weighted by Gasteiger charge is 2.16. The van der Waals surface area contributed by atoms with Crippen LogP contribution < -0.4 is 0 Å². The van der Waals surface area contributed by atoms with E-state index in [0.717, 1.165) is 60.5 Å². The maximum absolute atomic E-state index is 9.13. The molecule has 9 aromatic carbocycles. The predicted molar refractivity (Wildman–Crippen MR) is 225 cm³/mol. The molecule has 0 radical (unpaired) electrons. The fraction of sp³-hybridized carbons (Fsp3) is 0. The fourth-order valence-corrected chi connectivity index (χ4v) is 7.18. The number of hydrogen-bond acceptors (Lipinski definition) is 3. The van der Waals surface area contributed by atoms with Crippen LogP contribution in [0, 0.1) is 0 Å². The first kappa shape index (κ1) is 24.9. The van der Waals surface area contributed by atoms with E-state index in [0.29, 0.717) is 23.0 Å². The van der Waals surface area contributed by atoms with Crippen LogP contribution in [-0.2, 0) is 0 Å². The van der Waals surface area contributed by atoms with Gasteiger partial charge < -0.3 is 0 Å². The third kappa shape index (κ3) is 5.78. The van der Waals surface area contributed by atoms with Gasteiger partial charge in [-0.1, -0.05) is 182 Å². The highest BCUT2D eigenvalue weighted by atomic mass is 15.0. The maximum Gasteiger partial charge on any atom is 0.164 e. The van der Waals surface area contributed by atoms with Gasteiger partial charge in [-0.05, 0) is 83.9 Å². The number of nitrogens with zero attached hydrogens (tertiary/aromatic N) is 3. The van der Waals surface area contributed by atoms with Crippen LogP contribution in [0.4, 0.5) is 0 Å². The Labute approximate surface area is 323 Å². The van der Waals surface area contributed by atoms with Gasteiger partial charge in [0, 0.05) is 16.7 Å². The molecule has 54 heavy (non-hydrogen) atoms. The molecule has 0 saturated heterocycles. The van der Waals surface area contributed by atoms with Gasteiger partial charge in [-0.15, -0.1) is 0 Å². The van der Waals surface area contributed by atoms with E-state index in [4.69, 9.17) is 24.5 Å². The summed E-state index contributed by atoms with van der Waals surface area (Å²) in [6, 6.07) is 49.3. The van der Waals surface area contributed by atoms with Crippen molar-refractivity contribution in [3.8, 4) is 67.5 Å².